The molecule has 4 fully saturated rings. The van der Waals surface area contributed by atoms with Gasteiger partial charge in [0.15, 0.2) is 5.82 Å². The van der Waals surface area contributed by atoms with Crippen molar-refractivity contribution in [1.82, 2.24) is 40.3 Å². The van der Waals surface area contributed by atoms with E-state index >= 15 is 0 Å². The highest BCUT2D eigenvalue weighted by atomic mass is 19.1. The van der Waals surface area contributed by atoms with Gasteiger partial charge in [-0.25, -0.2) is 14.4 Å². The van der Waals surface area contributed by atoms with Gasteiger partial charge >= 0.3 is 0 Å². The van der Waals surface area contributed by atoms with Gasteiger partial charge in [-0.3, -0.25) is 34.1 Å². The van der Waals surface area contributed by atoms with E-state index in [1.807, 2.05) is 17.8 Å². The van der Waals surface area contributed by atoms with Crippen LogP contribution in [0.1, 0.15) is 75.8 Å². The van der Waals surface area contributed by atoms with Crippen LogP contribution < -0.4 is 26.4 Å². The van der Waals surface area contributed by atoms with Crippen molar-refractivity contribution in [2.45, 2.75) is 88.3 Å². The molecule has 2 aromatic carbocycles. The van der Waals surface area contributed by atoms with Crippen LogP contribution >= 0.6 is 0 Å². The number of amides is 3. The number of hydrogen-bond acceptors (Lipinski definition) is 10. The molecular weight excluding hydrogens is 764 g/mol. The number of carbonyl (C=O) groups excluding carboxylic acids is 3. The van der Waals surface area contributed by atoms with Crippen LogP contribution in [0.2, 0.25) is 0 Å². The molecule has 4 N–H and O–H groups in total. The van der Waals surface area contributed by atoms with Crippen molar-refractivity contribution in [1.29, 1.82) is 0 Å². The largest absolute Gasteiger partial charge is 0.369 e. The number of aryl methyl sites for hydroxylation is 1. The first-order chi connectivity index (χ1) is 29.2. The summed E-state index contributed by atoms with van der Waals surface area (Å²) in [6, 6.07) is 17.7. The van der Waals surface area contributed by atoms with Crippen LogP contribution in [0.4, 0.5) is 16.0 Å². The molecule has 3 amide bonds. The standard InChI is InChI=1S/C45H51FN10O4/c1-54-38-25-33(15-16-35(38)41(53-54)36-17-18-39(57)51-44(36)60)56-22-20-55(21-23-56)32-13-7-27(8-14-32)42(58)49-30-9-11-31(12-10-30)50-45-48-26-37(46)40(52-45)29-5-2-4-28(24-29)34-6-3-19-47-43(34)59/h2-6,15-16,19,24-27,30-32,36H,7-14,17-18,20-23H2,1H3,(H,47,59)(H,49,58)(H,48,50,52)(H,51,57,60). The van der Waals surface area contributed by atoms with Crippen molar-refractivity contribution < 1.29 is 18.8 Å². The third-order valence-corrected chi connectivity index (χ3v) is 13.1. The van der Waals surface area contributed by atoms with Crippen LogP contribution in [0.15, 0.2) is 71.8 Å². The number of nitrogens with one attached hydrogen (secondary N) is 4. The SMILES string of the molecule is Cn1nc(C2CCC(=O)NC2=O)c2ccc(N3CCN(C4CCC(C(=O)NC5CCC(Nc6ncc(F)c(-c7cccc(-c8ccc[nH]c8=O)c7)n6)CC5)CC4)CC3)cc21. The fourth-order valence-corrected chi connectivity index (χ4v) is 9.74. The van der Waals surface area contributed by atoms with Crippen LogP contribution in [0, 0.1) is 11.7 Å². The highest BCUT2D eigenvalue weighted by Gasteiger charge is 2.34. The zero-order valence-corrected chi connectivity index (χ0v) is 33.8. The number of piperidine rings is 1. The predicted molar refractivity (Wildman–Crippen MR) is 227 cm³/mol. The van der Waals surface area contributed by atoms with E-state index in [4.69, 9.17) is 5.10 Å². The molecule has 1 atom stereocenters. The molecule has 14 nitrogen and oxygen atoms in total. The summed E-state index contributed by atoms with van der Waals surface area (Å²) in [6.45, 7) is 3.78. The summed E-state index contributed by atoms with van der Waals surface area (Å²) in [5.41, 5.74) is 4.54. The summed E-state index contributed by atoms with van der Waals surface area (Å²) in [5, 5.41) is 14.9. The summed E-state index contributed by atoms with van der Waals surface area (Å²) in [5.74, 6) is -0.880. The van der Waals surface area contributed by atoms with E-state index in [1.165, 1.54) is 6.20 Å². The molecule has 1 unspecified atom stereocenters. The number of aromatic amines is 1. The number of pyridine rings is 1. The number of piperazine rings is 1. The number of halogens is 1. The van der Waals surface area contributed by atoms with E-state index in [0.29, 0.717) is 41.5 Å². The Morgan fingerprint density at radius 1 is 0.850 bits per heavy atom. The summed E-state index contributed by atoms with van der Waals surface area (Å²) in [4.78, 5) is 66.5. The van der Waals surface area contributed by atoms with Crippen LogP contribution in [-0.4, -0.2) is 91.7 Å². The van der Waals surface area contributed by atoms with Crippen LogP contribution in [0.5, 0.6) is 0 Å². The maximum absolute atomic E-state index is 15.0. The summed E-state index contributed by atoms with van der Waals surface area (Å²) >= 11 is 0. The van der Waals surface area contributed by atoms with E-state index in [1.54, 1.807) is 36.5 Å². The third kappa shape index (κ3) is 8.27. The van der Waals surface area contributed by atoms with Gasteiger partial charge in [0.05, 0.1) is 23.3 Å². The molecule has 9 rings (SSSR count). The fourth-order valence-electron chi connectivity index (χ4n) is 9.74. The molecule has 60 heavy (non-hydrogen) atoms. The number of aromatic nitrogens is 5. The number of nitrogens with zero attached hydrogens (tertiary/aromatic N) is 6. The van der Waals surface area contributed by atoms with Gasteiger partial charge in [-0.1, -0.05) is 18.2 Å². The number of anilines is 2. The number of hydrogen-bond donors (Lipinski definition) is 4. The molecule has 312 valence electrons. The van der Waals surface area contributed by atoms with E-state index in [9.17, 15) is 23.6 Å². The van der Waals surface area contributed by atoms with Crippen molar-refractivity contribution >= 4 is 40.3 Å². The molecule has 0 spiro atoms. The first-order valence-electron chi connectivity index (χ1n) is 21.3. The maximum Gasteiger partial charge on any atom is 0.255 e. The molecule has 5 aromatic rings. The van der Waals surface area contributed by atoms with E-state index < -0.39 is 11.7 Å². The Morgan fingerprint density at radius 2 is 1.62 bits per heavy atom. The summed E-state index contributed by atoms with van der Waals surface area (Å²) in [7, 11) is 1.90. The van der Waals surface area contributed by atoms with Crippen molar-refractivity contribution in [3.05, 3.63) is 88.9 Å². The molecule has 3 aromatic heterocycles. The summed E-state index contributed by atoms with van der Waals surface area (Å²) < 4.78 is 16.8. The van der Waals surface area contributed by atoms with Crippen molar-refractivity contribution in [3.8, 4) is 22.4 Å². The van der Waals surface area contributed by atoms with Gasteiger partial charge in [0.1, 0.15) is 5.69 Å². The smallest absolute Gasteiger partial charge is 0.255 e. The molecule has 4 aliphatic rings. The lowest BCUT2D eigenvalue weighted by atomic mass is 9.83. The maximum atomic E-state index is 15.0. The molecule has 5 heterocycles. The molecule has 0 radical (unpaired) electrons. The van der Waals surface area contributed by atoms with Crippen molar-refractivity contribution in [3.63, 3.8) is 0 Å². The molecule has 15 heteroatoms. The Labute approximate surface area is 347 Å². The lowest BCUT2D eigenvalue weighted by Crippen LogP contribution is -2.52. The second kappa shape index (κ2) is 17.0. The average Bonchev–Trinajstić information content (AvgIpc) is 3.60. The number of benzene rings is 2. The van der Waals surface area contributed by atoms with Gasteiger partial charge < -0.3 is 20.5 Å². The van der Waals surface area contributed by atoms with E-state index in [2.05, 4.69) is 58.9 Å². The van der Waals surface area contributed by atoms with Crippen LogP contribution in [0.25, 0.3) is 33.3 Å². The Morgan fingerprint density at radius 3 is 2.38 bits per heavy atom. The molecule has 2 saturated carbocycles. The zero-order valence-electron chi connectivity index (χ0n) is 33.8. The second-order valence-corrected chi connectivity index (χ2v) is 16.8. The van der Waals surface area contributed by atoms with Gasteiger partial charge in [-0.15, -0.1) is 0 Å². The lowest BCUT2D eigenvalue weighted by Gasteiger charge is -2.42. The number of fused-ring (bicyclic) bond motifs is 1. The number of H-pyrrole nitrogens is 1. The second-order valence-electron chi connectivity index (χ2n) is 16.8. The van der Waals surface area contributed by atoms with Gasteiger partial charge in [-0.05, 0) is 99.7 Å². The topological polar surface area (TPSA) is 170 Å². The highest BCUT2D eigenvalue weighted by Crippen LogP contribution is 2.34. The summed E-state index contributed by atoms with van der Waals surface area (Å²) in [6.07, 6.45) is 10.8. The molecule has 2 aliphatic heterocycles. The Kier molecular flexibility index (Phi) is 11.2. The predicted octanol–water partition coefficient (Wildman–Crippen LogP) is 5.27. The number of imide groups is 1. The van der Waals surface area contributed by atoms with Crippen LogP contribution in [0.3, 0.4) is 0 Å². The Hall–Kier alpha value is -5.96. The van der Waals surface area contributed by atoms with E-state index in [-0.39, 0.29) is 47.0 Å². The molecule has 0 bridgehead atoms. The first-order valence-corrected chi connectivity index (χ1v) is 21.3. The average molecular weight is 815 g/mol. The molecular formula is C45H51FN10O4. The highest BCUT2D eigenvalue weighted by molar-refractivity contribution is 6.02. The minimum Gasteiger partial charge on any atom is -0.369 e. The van der Waals surface area contributed by atoms with Crippen molar-refractivity contribution in [2.24, 2.45) is 13.0 Å². The number of carbonyl (C=O) groups is 3. The van der Waals surface area contributed by atoms with Gasteiger partial charge in [0.2, 0.25) is 23.7 Å². The monoisotopic (exact) mass is 814 g/mol. The van der Waals surface area contributed by atoms with Gasteiger partial charge in [-0.2, -0.15) is 5.10 Å². The quantitative estimate of drug-likeness (QED) is 0.144. The molecule has 2 aliphatic carbocycles. The fraction of sp³-hybridized carbons (Fsp3) is 0.444. The molecule has 2 saturated heterocycles. The van der Waals surface area contributed by atoms with Gasteiger partial charge in [0.25, 0.3) is 5.56 Å². The lowest BCUT2D eigenvalue weighted by molar-refractivity contribution is -0.134. The van der Waals surface area contributed by atoms with Gasteiger partial charge in [0, 0.05) is 92.1 Å². The normalized spacial score (nSPS) is 24.0. The minimum atomic E-state index is -0.538. The van der Waals surface area contributed by atoms with E-state index in [0.717, 1.165) is 99.8 Å². The third-order valence-electron chi connectivity index (χ3n) is 13.1. The zero-order chi connectivity index (χ0) is 41.3. The first kappa shape index (κ1) is 39.5. The Bertz CT molecular complexity index is 2460. The minimum absolute atomic E-state index is 0.0406. The Balaban J connectivity index is 0.720. The van der Waals surface area contributed by atoms with Crippen LogP contribution in [-0.2, 0) is 21.4 Å². The van der Waals surface area contributed by atoms with Crippen molar-refractivity contribution in [2.75, 3.05) is 36.4 Å². The number of rotatable bonds is 9.